The Balaban J connectivity index is 1.52. The Bertz CT molecular complexity index is 1260. The van der Waals surface area contributed by atoms with Crippen molar-refractivity contribution >= 4 is 28.9 Å². The number of alkyl halides is 3. The maximum Gasteiger partial charge on any atom is 0.420 e. The smallest absolute Gasteiger partial charge is 0.420 e. The predicted octanol–water partition coefficient (Wildman–Crippen LogP) is 5.59. The fourth-order valence-electron chi connectivity index (χ4n) is 3.74. The molecule has 0 saturated carbocycles. The lowest BCUT2D eigenvalue weighted by molar-refractivity contribution is -0.138. The van der Waals surface area contributed by atoms with Crippen molar-refractivity contribution in [3.63, 3.8) is 0 Å². The number of ether oxygens (including phenoxy) is 2. The highest BCUT2D eigenvalue weighted by Crippen LogP contribution is 2.39. The first-order valence-corrected chi connectivity index (χ1v) is 11.4. The molecule has 2 atom stereocenters. The Morgan fingerprint density at radius 2 is 1.86 bits per heavy atom. The highest BCUT2D eigenvalue weighted by molar-refractivity contribution is 8.18. The van der Waals surface area contributed by atoms with Gasteiger partial charge in [-0.2, -0.15) is 23.4 Å². The second kappa shape index (κ2) is 9.71. The van der Waals surface area contributed by atoms with Crippen molar-refractivity contribution in [1.82, 2.24) is 4.90 Å². The van der Waals surface area contributed by atoms with Crippen LogP contribution in [0.2, 0.25) is 0 Å². The SMILES string of the molecule is CC1CN(C2=NC(=O)/C(=C/c3ccc(Oc4ccc(C#N)cc4C(F)(F)F)c(F)c3)S2)CC(C)O1. The zero-order valence-corrected chi connectivity index (χ0v) is 19.4. The molecule has 2 heterocycles. The number of carbonyl (C=O) groups is 1. The highest BCUT2D eigenvalue weighted by atomic mass is 32.2. The molecule has 2 unspecified atom stereocenters. The van der Waals surface area contributed by atoms with E-state index in [0.717, 1.165) is 18.2 Å². The Hall–Kier alpha value is -3.36. The maximum atomic E-state index is 14.7. The molecule has 0 N–H and O–H groups in total. The van der Waals surface area contributed by atoms with Crippen molar-refractivity contribution in [3.05, 3.63) is 63.8 Å². The van der Waals surface area contributed by atoms with Crippen molar-refractivity contribution in [2.75, 3.05) is 13.1 Å². The van der Waals surface area contributed by atoms with E-state index in [1.54, 1.807) is 6.07 Å². The van der Waals surface area contributed by atoms with Gasteiger partial charge in [-0.25, -0.2) is 4.39 Å². The van der Waals surface area contributed by atoms with Crippen molar-refractivity contribution in [2.45, 2.75) is 32.2 Å². The summed E-state index contributed by atoms with van der Waals surface area (Å²) >= 11 is 1.17. The molecule has 2 aromatic rings. The van der Waals surface area contributed by atoms with Crippen LogP contribution < -0.4 is 4.74 Å². The number of carbonyl (C=O) groups excluding carboxylic acids is 1. The van der Waals surface area contributed by atoms with E-state index >= 15 is 0 Å². The van der Waals surface area contributed by atoms with Gasteiger partial charge in [0.15, 0.2) is 16.7 Å². The molecular weight excluding hydrogens is 486 g/mol. The molecule has 11 heteroatoms. The van der Waals surface area contributed by atoms with E-state index in [0.29, 0.717) is 34.8 Å². The van der Waals surface area contributed by atoms with Crippen LogP contribution in [0.3, 0.4) is 0 Å². The largest absolute Gasteiger partial charge is 0.454 e. The lowest BCUT2D eigenvalue weighted by atomic mass is 10.1. The van der Waals surface area contributed by atoms with Gasteiger partial charge in [0.2, 0.25) is 0 Å². The number of hydrogen-bond donors (Lipinski definition) is 0. The zero-order chi connectivity index (χ0) is 25.3. The minimum Gasteiger partial charge on any atom is -0.454 e. The molecule has 0 radical (unpaired) electrons. The molecule has 6 nitrogen and oxygen atoms in total. The third kappa shape index (κ3) is 5.66. The van der Waals surface area contributed by atoms with Crippen LogP contribution in [0.5, 0.6) is 11.5 Å². The van der Waals surface area contributed by atoms with Crippen molar-refractivity contribution in [2.24, 2.45) is 4.99 Å². The Kier molecular flexibility index (Phi) is 6.87. The summed E-state index contributed by atoms with van der Waals surface area (Å²) in [7, 11) is 0. The number of rotatable bonds is 3. The standard InChI is InChI=1S/C24H19F4N3O3S/c1-13-11-31(12-14(2)33-13)23-30-22(32)21(35-23)9-15-3-6-20(18(25)8-15)34-19-5-4-16(10-29)7-17(19)24(26,27)28/h3-9,13-14H,11-12H2,1-2H3/b21-9-. The van der Waals surface area contributed by atoms with Gasteiger partial charge in [0.1, 0.15) is 5.75 Å². The van der Waals surface area contributed by atoms with E-state index in [-0.39, 0.29) is 17.8 Å². The van der Waals surface area contributed by atoms with Gasteiger partial charge in [-0.3, -0.25) is 4.79 Å². The maximum absolute atomic E-state index is 14.7. The quantitative estimate of drug-likeness (QED) is 0.400. The van der Waals surface area contributed by atoms with Gasteiger partial charge >= 0.3 is 6.18 Å². The number of morpholine rings is 1. The van der Waals surface area contributed by atoms with Crippen LogP contribution >= 0.6 is 11.8 Å². The summed E-state index contributed by atoms with van der Waals surface area (Å²) in [5.41, 5.74) is -1.07. The van der Waals surface area contributed by atoms with Crippen LogP contribution in [0.25, 0.3) is 6.08 Å². The summed E-state index contributed by atoms with van der Waals surface area (Å²) in [6.45, 7) is 5.05. The molecule has 1 amide bonds. The zero-order valence-electron chi connectivity index (χ0n) is 18.6. The number of aliphatic imine (C=N–C) groups is 1. The third-order valence-electron chi connectivity index (χ3n) is 5.19. The first-order valence-electron chi connectivity index (χ1n) is 10.5. The van der Waals surface area contributed by atoms with Crippen molar-refractivity contribution < 1.29 is 31.8 Å². The summed E-state index contributed by atoms with van der Waals surface area (Å²) in [5.74, 6) is -2.43. The van der Waals surface area contributed by atoms with Gasteiger partial charge in [-0.1, -0.05) is 6.07 Å². The average molecular weight is 505 g/mol. The first-order chi connectivity index (χ1) is 16.5. The summed E-state index contributed by atoms with van der Waals surface area (Å²) in [6, 6.07) is 8.05. The fourth-order valence-corrected chi connectivity index (χ4v) is 4.67. The topological polar surface area (TPSA) is 74.9 Å². The molecule has 2 aromatic carbocycles. The lowest BCUT2D eigenvalue weighted by Gasteiger charge is -2.35. The number of hydrogen-bond acceptors (Lipinski definition) is 6. The minimum atomic E-state index is -4.79. The monoisotopic (exact) mass is 505 g/mol. The summed E-state index contributed by atoms with van der Waals surface area (Å²) in [5, 5.41) is 9.41. The van der Waals surface area contributed by atoms with E-state index < -0.39 is 35.0 Å². The van der Waals surface area contributed by atoms with Gasteiger partial charge in [0.25, 0.3) is 5.91 Å². The number of amidine groups is 1. The lowest BCUT2D eigenvalue weighted by Crippen LogP contribution is -2.47. The normalized spacial score (nSPS) is 21.7. The molecular formula is C24H19F4N3O3S. The highest BCUT2D eigenvalue weighted by Gasteiger charge is 2.35. The Morgan fingerprint density at radius 3 is 2.49 bits per heavy atom. The number of halogens is 4. The van der Waals surface area contributed by atoms with Crippen LogP contribution in [0, 0.1) is 17.1 Å². The molecule has 0 aliphatic carbocycles. The second-order valence-corrected chi connectivity index (χ2v) is 9.09. The first kappa shape index (κ1) is 24.8. The van der Waals surface area contributed by atoms with Gasteiger partial charge in [0, 0.05) is 13.1 Å². The molecule has 4 rings (SSSR count). The van der Waals surface area contributed by atoms with E-state index in [1.807, 2.05) is 18.7 Å². The number of benzene rings is 2. The fraction of sp³-hybridized carbons (Fsp3) is 0.292. The van der Waals surface area contributed by atoms with E-state index in [9.17, 15) is 22.4 Å². The molecule has 0 spiro atoms. The van der Waals surface area contributed by atoms with Gasteiger partial charge in [-0.05, 0) is 67.6 Å². The molecule has 1 saturated heterocycles. The van der Waals surface area contributed by atoms with Crippen LogP contribution in [0.15, 0.2) is 46.3 Å². The van der Waals surface area contributed by atoms with Gasteiger partial charge in [-0.15, -0.1) is 0 Å². The number of nitriles is 1. The summed E-state index contributed by atoms with van der Waals surface area (Å²) < 4.78 is 65.7. The number of thioether (sulfide) groups is 1. The van der Waals surface area contributed by atoms with Crippen molar-refractivity contribution in [1.29, 1.82) is 5.26 Å². The summed E-state index contributed by atoms with van der Waals surface area (Å²) in [4.78, 5) is 18.8. The van der Waals surface area contributed by atoms with E-state index in [2.05, 4.69) is 4.99 Å². The molecule has 2 aliphatic rings. The van der Waals surface area contributed by atoms with Crippen LogP contribution in [0.1, 0.15) is 30.5 Å². The second-order valence-electron chi connectivity index (χ2n) is 8.08. The van der Waals surface area contributed by atoms with Crippen LogP contribution in [-0.4, -0.2) is 41.3 Å². The minimum absolute atomic E-state index is 0.0132. The van der Waals surface area contributed by atoms with Gasteiger partial charge < -0.3 is 14.4 Å². The predicted molar refractivity (Wildman–Crippen MR) is 122 cm³/mol. The molecule has 0 bridgehead atoms. The molecule has 1 fully saturated rings. The van der Waals surface area contributed by atoms with Crippen LogP contribution in [0.4, 0.5) is 17.6 Å². The Morgan fingerprint density at radius 1 is 1.17 bits per heavy atom. The van der Waals surface area contributed by atoms with Crippen molar-refractivity contribution in [3.8, 4) is 17.6 Å². The molecule has 0 aromatic heterocycles. The van der Waals surface area contributed by atoms with E-state index in [4.69, 9.17) is 14.7 Å². The van der Waals surface area contributed by atoms with Gasteiger partial charge in [0.05, 0.1) is 34.3 Å². The summed E-state index contributed by atoms with van der Waals surface area (Å²) in [6.07, 6.45) is -3.36. The van der Waals surface area contributed by atoms with E-state index in [1.165, 1.54) is 30.0 Å². The molecule has 2 aliphatic heterocycles. The third-order valence-corrected chi connectivity index (χ3v) is 6.23. The molecule has 182 valence electrons. The average Bonchev–Trinajstić information content (AvgIpc) is 3.14. The number of nitrogens with zero attached hydrogens (tertiary/aromatic N) is 3. The molecule has 35 heavy (non-hydrogen) atoms. The number of amides is 1. The Labute approximate surface area is 202 Å². The van der Waals surface area contributed by atoms with Crippen LogP contribution in [-0.2, 0) is 15.7 Å².